The number of nitrogens with zero attached hydrogens (tertiary/aromatic N) is 1. The van der Waals surface area contributed by atoms with Crippen LogP contribution < -0.4 is 0 Å². The van der Waals surface area contributed by atoms with Crippen molar-refractivity contribution in [3.8, 4) is 0 Å². The molecule has 0 aliphatic rings. The first kappa shape index (κ1) is 17.3. The summed E-state index contributed by atoms with van der Waals surface area (Å²) in [4.78, 5) is 12.7. The van der Waals surface area contributed by atoms with Crippen LogP contribution in [0.1, 0.15) is 11.8 Å². The number of halogens is 4. The van der Waals surface area contributed by atoms with Crippen molar-refractivity contribution in [1.29, 1.82) is 0 Å². The highest BCUT2D eigenvalue weighted by atomic mass is 35.7. The fourth-order valence-electron chi connectivity index (χ4n) is 1.44. The van der Waals surface area contributed by atoms with Crippen LogP contribution >= 0.6 is 22.0 Å². The lowest BCUT2D eigenvalue weighted by molar-refractivity contribution is -0.160. The molecule has 1 aromatic rings. The Bertz CT molecular complexity index is 583. The topological polar surface area (TPSA) is 54.5 Å². The number of amides is 1. The third-order valence-corrected chi connectivity index (χ3v) is 5.49. The first-order chi connectivity index (χ1) is 9.03. The fourth-order valence-corrected chi connectivity index (χ4v) is 3.55. The summed E-state index contributed by atoms with van der Waals surface area (Å²) in [5.41, 5.74) is 0. The molecule has 0 saturated heterocycles. The molecule has 0 N–H and O–H groups in total. The largest absolute Gasteiger partial charge is 0.406 e. The van der Waals surface area contributed by atoms with Crippen molar-refractivity contribution in [2.24, 2.45) is 0 Å². The highest BCUT2D eigenvalue weighted by Gasteiger charge is 2.32. The van der Waals surface area contributed by atoms with E-state index in [1.165, 1.54) is 19.1 Å². The summed E-state index contributed by atoms with van der Waals surface area (Å²) in [5.74, 6) is -0.717. The monoisotopic (exact) mass is 349 g/mol. The van der Waals surface area contributed by atoms with E-state index in [0.29, 0.717) is 9.78 Å². The Morgan fingerprint density at radius 1 is 1.40 bits per heavy atom. The second kappa shape index (κ2) is 6.31. The van der Waals surface area contributed by atoms with Gasteiger partial charge in [0.2, 0.25) is 5.91 Å². The molecular weight excluding hydrogens is 339 g/mol. The van der Waals surface area contributed by atoms with Crippen molar-refractivity contribution in [1.82, 2.24) is 4.90 Å². The molecule has 0 bridgehead atoms. The summed E-state index contributed by atoms with van der Waals surface area (Å²) in [6.45, 7) is 0.0332. The van der Waals surface area contributed by atoms with Gasteiger partial charge in [0, 0.05) is 22.1 Å². The molecule has 4 nitrogen and oxygen atoms in total. The molecule has 0 spiro atoms. The number of hydrogen-bond donors (Lipinski definition) is 0. The number of alkyl halides is 3. The smallest absolute Gasteiger partial charge is 0.334 e. The average Bonchev–Trinajstić information content (AvgIpc) is 2.72. The van der Waals surface area contributed by atoms with Gasteiger partial charge in [0.25, 0.3) is 9.05 Å². The third-order valence-electron chi connectivity index (χ3n) is 2.31. The van der Waals surface area contributed by atoms with Gasteiger partial charge in [-0.2, -0.15) is 13.2 Å². The van der Waals surface area contributed by atoms with Crippen molar-refractivity contribution in [2.45, 2.75) is 23.7 Å². The van der Waals surface area contributed by atoms with Crippen LogP contribution in [0.25, 0.3) is 0 Å². The highest BCUT2D eigenvalue weighted by molar-refractivity contribution is 8.15. The summed E-state index contributed by atoms with van der Waals surface area (Å²) in [6, 6.07) is 2.58. The predicted molar refractivity (Wildman–Crippen MR) is 69.4 cm³/mol. The summed E-state index contributed by atoms with van der Waals surface area (Å²) in [6.07, 6.45) is -4.76. The Kier molecular flexibility index (Phi) is 5.45. The lowest BCUT2D eigenvalue weighted by Crippen LogP contribution is -2.39. The van der Waals surface area contributed by atoms with Crippen LogP contribution in [0.3, 0.4) is 0 Å². The molecule has 1 rings (SSSR count). The number of carbonyl (C=O) groups is 1. The van der Waals surface area contributed by atoms with Crippen LogP contribution in [-0.2, 0) is 20.3 Å². The minimum Gasteiger partial charge on any atom is -0.334 e. The van der Waals surface area contributed by atoms with Gasteiger partial charge in [0.05, 0.1) is 6.42 Å². The second-order valence-electron chi connectivity index (χ2n) is 3.86. The molecule has 0 atom stereocenters. The van der Waals surface area contributed by atoms with E-state index >= 15 is 0 Å². The zero-order valence-electron chi connectivity index (χ0n) is 10.3. The Morgan fingerprint density at radius 3 is 2.40 bits per heavy atom. The Labute approximate surface area is 122 Å². The zero-order valence-corrected chi connectivity index (χ0v) is 12.7. The van der Waals surface area contributed by atoms with Crippen molar-refractivity contribution >= 4 is 37.0 Å². The van der Waals surface area contributed by atoms with Crippen molar-refractivity contribution in [2.75, 3.05) is 13.1 Å². The van der Waals surface area contributed by atoms with Crippen LogP contribution in [0.5, 0.6) is 0 Å². The second-order valence-corrected chi connectivity index (χ2v) is 7.82. The first-order valence-corrected chi connectivity index (χ1v) is 8.53. The molecule has 1 heterocycles. The van der Waals surface area contributed by atoms with Crippen molar-refractivity contribution in [3.63, 3.8) is 0 Å². The fraction of sp³-hybridized carbons (Fsp3) is 0.500. The maximum atomic E-state index is 12.3. The van der Waals surface area contributed by atoms with Gasteiger partial charge in [-0.3, -0.25) is 4.79 Å². The van der Waals surface area contributed by atoms with E-state index in [0.717, 1.165) is 11.3 Å². The molecule has 1 amide bonds. The first-order valence-electron chi connectivity index (χ1n) is 5.41. The summed E-state index contributed by atoms with van der Waals surface area (Å²) >= 11 is 0.765. The van der Waals surface area contributed by atoms with Gasteiger partial charge >= 0.3 is 6.18 Å². The molecule has 0 aromatic carbocycles. The zero-order chi connectivity index (χ0) is 15.6. The molecule has 0 aliphatic carbocycles. The normalized spacial score (nSPS) is 12.4. The van der Waals surface area contributed by atoms with Gasteiger partial charge in [-0.25, -0.2) is 8.42 Å². The Morgan fingerprint density at radius 2 is 2.00 bits per heavy atom. The Hall–Kier alpha value is -0.800. The van der Waals surface area contributed by atoms with Crippen LogP contribution in [0, 0.1) is 0 Å². The van der Waals surface area contributed by atoms with E-state index in [-0.39, 0.29) is 17.2 Å². The predicted octanol–water partition coefficient (Wildman–Crippen LogP) is 2.63. The Balaban J connectivity index is 2.77. The molecule has 10 heteroatoms. The van der Waals surface area contributed by atoms with E-state index in [2.05, 4.69) is 0 Å². The van der Waals surface area contributed by atoms with Crippen molar-refractivity contribution < 1.29 is 26.4 Å². The number of hydrogen-bond acceptors (Lipinski definition) is 4. The van der Waals surface area contributed by atoms with E-state index in [4.69, 9.17) is 10.7 Å². The summed E-state index contributed by atoms with van der Waals surface area (Å²) in [7, 11) is 1.24. The maximum Gasteiger partial charge on any atom is 0.406 e. The standard InChI is InChI=1S/C10H11ClF3NO3S2/c1-2-15(6-10(12,13)14)8(16)5-7-3-4-9(19-7)20(11,17)18/h3-4H,2,5-6H2,1H3. The minimum atomic E-state index is -4.47. The van der Waals surface area contributed by atoms with Crippen LogP contribution in [0.4, 0.5) is 13.2 Å². The SMILES string of the molecule is CCN(CC(F)(F)F)C(=O)Cc1ccc(S(=O)(=O)Cl)s1. The van der Waals surface area contributed by atoms with E-state index in [9.17, 15) is 26.4 Å². The summed E-state index contributed by atoms with van der Waals surface area (Å²) in [5, 5.41) is 0. The van der Waals surface area contributed by atoms with Gasteiger partial charge in [0.15, 0.2) is 0 Å². The van der Waals surface area contributed by atoms with E-state index < -0.39 is 27.7 Å². The molecule has 0 radical (unpaired) electrons. The molecule has 0 aliphatic heterocycles. The molecule has 1 aromatic heterocycles. The number of thiophene rings is 1. The van der Waals surface area contributed by atoms with Crippen LogP contribution in [-0.4, -0.2) is 38.5 Å². The molecule has 0 saturated carbocycles. The average molecular weight is 350 g/mol. The lowest BCUT2D eigenvalue weighted by Gasteiger charge is -2.21. The van der Waals surface area contributed by atoms with Crippen LogP contribution in [0.2, 0.25) is 0 Å². The van der Waals surface area contributed by atoms with Gasteiger partial charge in [-0.05, 0) is 19.1 Å². The van der Waals surface area contributed by atoms with Crippen LogP contribution in [0.15, 0.2) is 16.3 Å². The number of carbonyl (C=O) groups excluding carboxylic acids is 1. The number of likely N-dealkylation sites (N-methyl/N-ethyl adjacent to an activating group) is 1. The number of rotatable bonds is 5. The van der Waals surface area contributed by atoms with Gasteiger partial charge in [-0.1, -0.05) is 0 Å². The third kappa shape index (κ3) is 5.29. The van der Waals surface area contributed by atoms with Gasteiger partial charge in [0.1, 0.15) is 10.8 Å². The molecule has 0 unspecified atom stereocenters. The molecule has 114 valence electrons. The molecular formula is C10H11ClF3NO3S2. The van der Waals surface area contributed by atoms with E-state index in [1.54, 1.807) is 0 Å². The van der Waals surface area contributed by atoms with Crippen molar-refractivity contribution in [3.05, 3.63) is 17.0 Å². The lowest BCUT2D eigenvalue weighted by atomic mass is 10.3. The van der Waals surface area contributed by atoms with E-state index in [1.807, 2.05) is 0 Å². The molecule has 20 heavy (non-hydrogen) atoms. The quantitative estimate of drug-likeness (QED) is 0.768. The van der Waals surface area contributed by atoms with Gasteiger partial charge in [-0.15, -0.1) is 11.3 Å². The highest BCUT2D eigenvalue weighted by Crippen LogP contribution is 2.25. The minimum absolute atomic E-state index is 0.0790. The maximum absolute atomic E-state index is 12.3. The van der Waals surface area contributed by atoms with Gasteiger partial charge < -0.3 is 4.90 Å². The summed E-state index contributed by atoms with van der Waals surface area (Å²) < 4.78 is 58.7. The molecule has 0 fully saturated rings.